The van der Waals surface area contributed by atoms with Crippen LogP contribution in [0, 0.1) is 6.92 Å². The first-order chi connectivity index (χ1) is 11.0. The monoisotopic (exact) mass is 316 g/mol. The number of carbonyl (C=O) groups excluding carboxylic acids is 1. The van der Waals surface area contributed by atoms with Crippen molar-refractivity contribution < 1.29 is 14.7 Å². The summed E-state index contributed by atoms with van der Waals surface area (Å²) in [6, 6.07) is 3.52. The standard InChI is InChI=1S/C14H16N6O3/c1-9-17-19-14(20-18-9)11-6-5-10(7-15-11)8-16-12(21)3-2-4-13(22)23/h5-7H,2-4,8H2,1H3,(H,16,21)(H,22,23). The van der Waals surface area contributed by atoms with Crippen molar-refractivity contribution in [3.63, 3.8) is 0 Å². The zero-order valence-electron chi connectivity index (χ0n) is 12.6. The number of hydrogen-bond donors (Lipinski definition) is 2. The Morgan fingerprint density at radius 3 is 2.48 bits per heavy atom. The van der Waals surface area contributed by atoms with Gasteiger partial charge in [0.1, 0.15) is 5.69 Å². The smallest absolute Gasteiger partial charge is 0.303 e. The zero-order chi connectivity index (χ0) is 16.7. The third-order valence-corrected chi connectivity index (χ3v) is 2.92. The van der Waals surface area contributed by atoms with Crippen LogP contribution < -0.4 is 5.32 Å². The van der Waals surface area contributed by atoms with Gasteiger partial charge in [0.15, 0.2) is 5.82 Å². The van der Waals surface area contributed by atoms with Crippen LogP contribution in [0.25, 0.3) is 11.5 Å². The Morgan fingerprint density at radius 1 is 1.13 bits per heavy atom. The molecular formula is C14H16N6O3. The van der Waals surface area contributed by atoms with Gasteiger partial charge in [0.2, 0.25) is 11.7 Å². The van der Waals surface area contributed by atoms with Crippen molar-refractivity contribution in [2.24, 2.45) is 0 Å². The highest BCUT2D eigenvalue weighted by Crippen LogP contribution is 2.10. The molecule has 2 N–H and O–H groups in total. The molecule has 2 heterocycles. The van der Waals surface area contributed by atoms with Crippen LogP contribution in [-0.4, -0.2) is 42.4 Å². The van der Waals surface area contributed by atoms with Crippen LogP contribution in [0.1, 0.15) is 30.7 Å². The Bertz CT molecular complexity index is 672. The predicted molar refractivity (Wildman–Crippen MR) is 78.9 cm³/mol. The lowest BCUT2D eigenvalue weighted by Crippen LogP contribution is -2.22. The van der Waals surface area contributed by atoms with Gasteiger partial charge in [-0.05, 0) is 25.0 Å². The highest BCUT2D eigenvalue weighted by atomic mass is 16.4. The van der Waals surface area contributed by atoms with Crippen LogP contribution >= 0.6 is 0 Å². The highest BCUT2D eigenvalue weighted by Gasteiger charge is 2.06. The van der Waals surface area contributed by atoms with Gasteiger partial charge in [-0.3, -0.25) is 14.6 Å². The van der Waals surface area contributed by atoms with Gasteiger partial charge in [-0.2, -0.15) is 0 Å². The fourth-order valence-corrected chi connectivity index (χ4v) is 1.73. The summed E-state index contributed by atoms with van der Waals surface area (Å²) in [5.41, 5.74) is 1.36. The number of hydrogen-bond acceptors (Lipinski definition) is 7. The maximum absolute atomic E-state index is 11.6. The largest absolute Gasteiger partial charge is 0.481 e. The summed E-state index contributed by atoms with van der Waals surface area (Å²) in [5.74, 6) is -0.277. The molecule has 0 aliphatic rings. The van der Waals surface area contributed by atoms with E-state index in [1.165, 1.54) is 0 Å². The topological polar surface area (TPSA) is 131 Å². The van der Waals surface area contributed by atoms with Gasteiger partial charge in [-0.25, -0.2) is 0 Å². The van der Waals surface area contributed by atoms with Crippen LogP contribution in [0.15, 0.2) is 18.3 Å². The number of carboxylic acid groups (broad SMARTS) is 1. The van der Waals surface area contributed by atoms with Crippen molar-refractivity contribution in [1.29, 1.82) is 0 Å². The van der Waals surface area contributed by atoms with Crippen LogP contribution in [0.4, 0.5) is 0 Å². The molecule has 0 radical (unpaired) electrons. The summed E-state index contributed by atoms with van der Waals surface area (Å²) in [4.78, 5) is 26.1. The molecule has 0 saturated carbocycles. The first-order valence-electron chi connectivity index (χ1n) is 7.02. The number of nitrogens with zero attached hydrogens (tertiary/aromatic N) is 5. The Kier molecular flexibility index (Phi) is 5.61. The Labute approximate surface area is 132 Å². The second-order valence-electron chi connectivity index (χ2n) is 4.85. The van der Waals surface area contributed by atoms with Crippen LogP contribution in [0.3, 0.4) is 0 Å². The number of carbonyl (C=O) groups is 2. The highest BCUT2D eigenvalue weighted by molar-refractivity contribution is 5.76. The number of pyridine rings is 1. The molecule has 2 aromatic heterocycles. The quantitative estimate of drug-likeness (QED) is 0.755. The lowest BCUT2D eigenvalue weighted by atomic mass is 10.2. The molecule has 0 spiro atoms. The summed E-state index contributed by atoms with van der Waals surface area (Å²) in [7, 11) is 0. The molecule has 0 aliphatic heterocycles. The number of amides is 1. The minimum atomic E-state index is -0.903. The molecule has 9 nitrogen and oxygen atoms in total. The molecule has 0 aliphatic carbocycles. The number of aromatic nitrogens is 5. The molecule has 0 fully saturated rings. The maximum atomic E-state index is 11.6. The molecule has 0 unspecified atom stereocenters. The van der Waals surface area contributed by atoms with E-state index in [9.17, 15) is 9.59 Å². The SMILES string of the molecule is Cc1nnc(-c2ccc(CNC(=O)CCCC(=O)O)cn2)nn1. The van der Waals surface area contributed by atoms with Crippen molar-refractivity contribution in [2.75, 3.05) is 0 Å². The van der Waals surface area contributed by atoms with Gasteiger partial charge in [0.25, 0.3) is 0 Å². The Balaban J connectivity index is 1.84. The third-order valence-electron chi connectivity index (χ3n) is 2.92. The molecule has 0 aromatic carbocycles. The second-order valence-corrected chi connectivity index (χ2v) is 4.85. The van der Waals surface area contributed by atoms with Crippen molar-refractivity contribution in [2.45, 2.75) is 32.7 Å². The van der Waals surface area contributed by atoms with Crippen LogP contribution in [0.2, 0.25) is 0 Å². The van der Waals surface area contributed by atoms with Crippen LogP contribution in [-0.2, 0) is 16.1 Å². The van der Waals surface area contributed by atoms with Gasteiger partial charge in [-0.15, -0.1) is 20.4 Å². The normalized spacial score (nSPS) is 10.3. The average Bonchev–Trinajstić information content (AvgIpc) is 2.54. The molecule has 0 atom stereocenters. The molecule has 120 valence electrons. The fraction of sp³-hybridized carbons (Fsp3) is 0.357. The zero-order valence-corrected chi connectivity index (χ0v) is 12.6. The van der Waals surface area contributed by atoms with Gasteiger partial charge >= 0.3 is 5.97 Å². The molecular weight excluding hydrogens is 300 g/mol. The summed E-state index contributed by atoms with van der Waals surface area (Å²) in [5, 5.41) is 26.6. The summed E-state index contributed by atoms with van der Waals surface area (Å²) in [6.45, 7) is 2.02. The molecule has 9 heteroatoms. The minimum Gasteiger partial charge on any atom is -0.481 e. The Hall–Kier alpha value is -2.97. The average molecular weight is 316 g/mol. The number of aryl methyl sites for hydroxylation is 1. The summed E-state index contributed by atoms with van der Waals surface area (Å²) in [6.07, 6.45) is 2.11. The Morgan fingerprint density at radius 2 is 1.87 bits per heavy atom. The van der Waals surface area contributed by atoms with Crippen molar-refractivity contribution in [3.05, 3.63) is 29.7 Å². The second kappa shape index (κ2) is 7.87. The molecule has 0 bridgehead atoms. The van der Waals surface area contributed by atoms with Gasteiger partial charge in [0, 0.05) is 25.6 Å². The maximum Gasteiger partial charge on any atom is 0.303 e. The fourth-order valence-electron chi connectivity index (χ4n) is 1.73. The molecule has 2 rings (SSSR count). The molecule has 0 saturated heterocycles. The molecule has 2 aromatic rings. The first kappa shape index (κ1) is 16.4. The van der Waals surface area contributed by atoms with Crippen LogP contribution in [0.5, 0.6) is 0 Å². The third kappa shape index (κ3) is 5.38. The van der Waals surface area contributed by atoms with E-state index in [4.69, 9.17) is 5.11 Å². The molecule has 1 amide bonds. The number of carboxylic acids is 1. The van der Waals surface area contributed by atoms with E-state index < -0.39 is 5.97 Å². The molecule has 23 heavy (non-hydrogen) atoms. The van der Waals surface area contributed by atoms with E-state index in [2.05, 4.69) is 30.7 Å². The number of aliphatic carboxylic acids is 1. The number of rotatable bonds is 7. The van der Waals surface area contributed by atoms with Gasteiger partial charge < -0.3 is 10.4 Å². The predicted octanol–water partition coefficient (Wildman–Crippen LogP) is 0.508. The lowest BCUT2D eigenvalue weighted by molar-refractivity contribution is -0.137. The van der Waals surface area contributed by atoms with E-state index in [1.54, 1.807) is 25.3 Å². The van der Waals surface area contributed by atoms with Crippen molar-refractivity contribution in [1.82, 2.24) is 30.7 Å². The van der Waals surface area contributed by atoms with E-state index in [0.717, 1.165) is 5.56 Å². The van der Waals surface area contributed by atoms with Gasteiger partial charge in [0.05, 0.1) is 0 Å². The minimum absolute atomic E-state index is 0.0116. The van der Waals surface area contributed by atoms with Crippen molar-refractivity contribution in [3.8, 4) is 11.5 Å². The van der Waals surface area contributed by atoms with Gasteiger partial charge in [-0.1, -0.05) is 6.07 Å². The summed E-state index contributed by atoms with van der Waals surface area (Å²) < 4.78 is 0. The summed E-state index contributed by atoms with van der Waals surface area (Å²) >= 11 is 0. The van der Waals surface area contributed by atoms with E-state index in [-0.39, 0.29) is 18.7 Å². The van der Waals surface area contributed by atoms with E-state index >= 15 is 0 Å². The van der Waals surface area contributed by atoms with E-state index in [1.807, 2.05) is 0 Å². The lowest BCUT2D eigenvalue weighted by Gasteiger charge is -2.05. The number of nitrogens with one attached hydrogen (secondary N) is 1. The van der Waals surface area contributed by atoms with Crippen molar-refractivity contribution >= 4 is 11.9 Å². The first-order valence-corrected chi connectivity index (χ1v) is 7.02. The van der Waals surface area contributed by atoms with E-state index in [0.29, 0.717) is 30.3 Å².